The van der Waals surface area contributed by atoms with Gasteiger partial charge in [-0.15, -0.1) is 11.3 Å². The molecular formula is C20H17F3N2O2S. The van der Waals surface area contributed by atoms with E-state index in [1.165, 1.54) is 12.1 Å². The molecule has 3 aromatic rings. The maximum absolute atomic E-state index is 12.9. The molecule has 0 saturated carbocycles. The minimum atomic E-state index is -4.44. The summed E-state index contributed by atoms with van der Waals surface area (Å²) in [5.74, 6) is -1.00. The van der Waals surface area contributed by atoms with E-state index in [0.717, 1.165) is 40.2 Å². The molecule has 146 valence electrons. The third-order valence-corrected chi connectivity index (χ3v) is 5.20. The third kappa shape index (κ3) is 4.51. The van der Waals surface area contributed by atoms with Crippen LogP contribution in [0.1, 0.15) is 21.6 Å². The molecule has 1 heterocycles. The van der Waals surface area contributed by atoms with E-state index in [0.29, 0.717) is 15.7 Å². The quantitative estimate of drug-likeness (QED) is 0.561. The summed E-state index contributed by atoms with van der Waals surface area (Å²) in [7, 11) is 0. The van der Waals surface area contributed by atoms with Gasteiger partial charge in [0.25, 0.3) is 0 Å². The Morgan fingerprint density at radius 2 is 1.89 bits per heavy atom. The van der Waals surface area contributed by atoms with Crippen LogP contribution in [-0.4, -0.2) is 16.1 Å². The zero-order valence-corrected chi connectivity index (χ0v) is 15.9. The minimum Gasteiger partial charge on any atom is -0.481 e. The molecule has 28 heavy (non-hydrogen) atoms. The second-order valence-electron chi connectivity index (χ2n) is 6.36. The number of anilines is 2. The first kappa shape index (κ1) is 19.9. The van der Waals surface area contributed by atoms with E-state index >= 15 is 0 Å². The van der Waals surface area contributed by atoms with E-state index in [2.05, 4.69) is 10.3 Å². The zero-order valence-electron chi connectivity index (χ0n) is 15.1. The molecule has 0 aliphatic carbocycles. The molecule has 3 rings (SSSR count). The molecule has 1 aromatic heterocycles. The number of benzene rings is 2. The van der Waals surface area contributed by atoms with Gasteiger partial charge in [-0.1, -0.05) is 18.2 Å². The lowest BCUT2D eigenvalue weighted by Gasteiger charge is -2.09. The lowest BCUT2D eigenvalue weighted by molar-refractivity contribution is -0.138. The van der Waals surface area contributed by atoms with Crippen molar-refractivity contribution in [1.29, 1.82) is 0 Å². The number of hydrogen-bond acceptors (Lipinski definition) is 4. The van der Waals surface area contributed by atoms with Crippen molar-refractivity contribution >= 4 is 28.1 Å². The fraction of sp³-hybridized carbons (Fsp3) is 0.200. The number of thiazole rings is 1. The lowest BCUT2D eigenvalue weighted by atomic mass is 10.0. The standard InChI is InChI=1S/C20H17F3N2O2S/c1-11-6-7-13(8-12(11)2)18-16(10-17(26)27)28-19(25-18)24-15-5-3-4-14(9-15)20(21,22)23/h3-9H,10H2,1-2H3,(H,24,25)(H,26,27). The Bertz CT molecular complexity index is 1030. The van der Waals surface area contributed by atoms with Gasteiger partial charge in [0.2, 0.25) is 0 Å². The maximum atomic E-state index is 12.9. The van der Waals surface area contributed by atoms with Gasteiger partial charge >= 0.3 is 12.1 Å². The Kier molecular flexibility index (Phi) is 5.42. The Morgan fingerprint density at radius 1 is 1.14 bits per heavy atom. The molecule has 0 fully saturated rings. The van der Waals surface area contributed by atoms with Gasteiger partial charge in [0.15, 0.2) is 5.13 Å². The van der Waals surface area contributed by atoms with E-state index in [4.69, 9.17) is 0 Å². The second-order valence-corrected chi connectivity index (χ2v) is 7.45. The number of halogens is 3. The van der Waals surface area contributed by atoms with E-state index in [9.17, 15) is 23.1 Å². The summed E-state index contributed by atoms with van der Waals surface area (Å²) in [4.78, 5) is 16.2. The van der Waals surface area contributed by atoms with Gasteiger partial charge in [-0.3, -0.25) is 4.79 Å². The number of alkyl halides is 3. The van der Waals surface area contributed by atoms with E-state index in [1.807, 2.05) is 32.0 Å². The number of carboxylic acid groups (broad SMARTS) is 1. The van der Waals surface area contributed by atoms with E-state index < -0.39 is 17.7 Å². The number of hydrogen-bond donors (Lipinski definition) is 2. The van der Waals surface area contributed by atoms with Gasteiger partial charge < -0.3 is 10.4 Å². The maximum Gasteiger partial charge on any atom is 0.416 e. The molecule has 0 spiro atoms. The summed E-state index contributed by atoms with van der Waals surface area (Å²) in [5.41, 5.74) is 2.89. The highest BCUT2D eigenvalue weighted by Crippen LogP contribution is 2.35. The van der Waals surface area contributed by atoms with Crippen LogP contribution in [0.5, 0.6) is 0 Å². The van der Waals surface area contributed by atoms with Crippen molar-refractivity contribution < 1.29 is 23.1 Å². The summed E-state index contributed by atoms with van der Waals surface area (Å²) in [5, 5.41) is 12.4. The van der Waals surface area contributed by atoms with Crippen LogP contribution in [0.4, 0.5) is 24.0 Å². The summed E-state index contributed by atoms with van der Waals surface area (Å²) < 4.78 is 38.7. The summed E-state index contributed by atoms with van der Waals surface area (Å²) in [6.45, 7) is 3.92. The minimum absolute atomic E-state index is 0.218. The molecule has 4 nitrogen and oxygen atoms in total. The Balaban J connectivity index is 1.98. The number of nitrogens with zero attached hydrogens (tertiary/aromatic N) is 1. The Labute approximate surface area is 163 Å². The van der Waals surface area contributed by atoms with Gasteiger partial charge in [-0.05, 0) is 49.2 Å². The smallest absolute Gasteiger partial charge is 0.416 e. The molecule has 0 atom stereocenters. The average molecular weight is 406 g/mol. The average Bonchev–Trinajstić information content (AvgIpc) is 2.98. The number of nitrogens with one attached hydrogen (secondary N) is 1. The molecule has 0 unspecified atom stereocenters. The van der Waals surface area contributed by atoms with Crippen LogP contribution in [0.2, 0.25) is 0 Å². The Morgan fingerprint density at radius 3 is 2.54 bits per heavy atom. The van der Waals surface area contributed by atoms with Gasteiger partial charge in [-0.2, -0.15) is 13.2 Å². The third-order valence-electron chi connectivity index (χ3n) is 4.23. The van der Waals surface area contributed by atoms with Crippen LogP contribution in [0, 0.1) is 13.8 Å². The van der Waals surface area contributed by atoms with Crippen molar-refractivity contribution in [1.82, 2.24) is 4.98 Å². The number of rotatable bonds is 5. The molecule has 2 aromatic carbocycles. The number of aliphatic carboxylic acids is 1. The molecular weight excluding hydrogens is 389 g/mol. The first-order chi connectivity index (χ1) is 13.1. The first-order valence-corrected chi connectivity index (χ1v) is 9.18. The van der Waals surface area contributed by atoms with Gasteiger partial charge in [0.1, 0.15) is 0 Å². The molecule has 2 N–H and O–H groups in total. The van der Waals surface area contributed by atoms with Gasteiger partial charge in [0.05, 0.1) is 17.7 Å². The lowest BCUT2D eigenvalue weighted by Crippen LogP contribution is -2.05. The van der Waals surface area contributed by atoms with Crippen molar-refractivity contribution in [3.8, 4) is 11.3 Å². The predicted octanol–water partition coefficient (Wildman–Crippen LogP) is 5.82. The highest BCUT2D eigenvalue weighted by molar-refractivity contribution is 7.16. The first-order valence-electron chi connectivity index (χ1n) is 8.37. The molecule has 0 aliphatic rings. The molecule has 0 amide bonds. The van der Waals surface area contributed by atoms with Gasteiger partial charge in [-0.25, -0.2) is 4.98 Å². The topological polar surface area (TPSA) is 62.2 Å². The zero-order chi connectivity index (χ0) is 20.5. The van der Waals surface area contributed by atoms with Crippen molar-refractivity contribution in [2.45, 2.75) is 26.4 Å². The predicted molar refractivity (Wildman–Crippen MR) is 103 cm³/mol. The van der Waals surface area contributed by atoms with E-state index in [-0.39, 0.29) is 12.1 Å². The second kappa shape index (κ2) is 7.63. The van der Waals surface area contributed by atoms with Gasteiger partial charge in [0, 0.05) is 16.1 Å². The molecule has 0 radical (unpaired) electrons. The summed E-state index contributed by atoms with van der Waals surface area (Å²) in [6.07, 6.45) is -4.66. The highest BCUT2D eigenvalue weighted by Gasteiger charge is 2.30. The summed E-state index contributed by atoms with van der Waals surface area (Å²) >= 11 is 1.12. The molecule has 8 heteroatoms. The van der Waals surface area contributed by atoms with E-state index in [1.54, 1.807) is 0 Å². The van der Waals surface area contributed by atoms with Crippen molar-refractivity contribution in [3.63, 3.8) is 0 Å². The fourth-order valence-corrected chi connectivity index (χ4v) is 3.67. The Hall–Kier alpha value is -2.87. The van der Waals surface area contributed by atoms with Crippen LogP contribution >= 0.6 is 11.3 Å². The van der Waals surface area contributed by atoms with Crippen LogP contribution in [0.3, 0.4) is 0 Å². The normalized spacial score (nSPS) is 11.5. The van der Waals surface area contributed by atoms with Crippen molar-refractivity contribution in [2.75, 3.05) is 5.32 Å². The van der Waals surface area contributed by atoms with Crippen LogP contribution < -0.4 is 5.32 Å². The number of aryl methyl sites for hydroxylation is 2. The molecule has 0 aliphatic heterocycles. The molecule has 0 bridgehead atoms. The SMILES string of the molecule is Cc1ccc(-c2nc(Nc3cccc(C(F)(F)F)c3)sc2CC(=O)O)cc1C. The van der Waals surface area contributed by atoms with Crippen LogP contribution in [0.15, 0.2) is 42.5 Å². The highest BCUT2D eigenvalue weighted by atomic mass is 32.1. The van der Waals surface area contributed by atoms with Crippen molar-refractivity contribution in [3.05, 3.63) is 64.0 Å². The number of carbonyl (C=O) groups is 1. The number of carboxylic acids is 1. The fourth-order valence-electron chi connectivity index (χ4n) is 2.67. The van der Waals surface area contributed by atoms with Crippen molar-refractivity contribution in [2.24, 2.45) is 0 Å². The number of aromatic nitrogens is 1. The monoisotopic (exact) mass is 406 g/mol. The van der Waals surface area contributed by atoms with Crippen LogP contribution in [0.25, 0.3) is 11.3 Å². The largest absolute Gasteiger partial charge is 0.481 e. The van der Waals surface area contributed by atoms with Crippen LogP contribution in [-0.2, 0) is 17.4 Å². The molecule has 0 saturated heterocycles. The summed E-state index contributed by atoms with van der Waals surface area (Å²) in [6, 6.07) is 10.5.